The molecule has 6 heterocycles. The van der Waals surface area contributed by atoms with E-state index in [4.69, 9.17) is 17.7 Å². The molecule has 0 unspecified atom stereocenters. The van der Waals surface area contributed by atoms with Crippen LogP contribution in [0.15, 0.2) is 218 Å². The van der Waals surface area contributed by atoms with Crippen LogP contribution in [0.5, 0.6) is 0 Å². The molecule has 0 bridgehead atoms. The largest absolute Gasteiger partial charge is 0.464 e. The molecule has 6 nitrogen and oxygen atoms in total. The molecule has 7 heteroatoms. The van der Waals surface area contributed by atoms with Crippen molar-refractivity contribution in [3.8, 4) is 22.3 Å². The van der Waals surface area contributed by atoms with Crippen LogP contribution >= 0.6 is 0 Å². The first-order valence-corrected chi connectivity index (χ1v) is 21.7. The van der Waals surface area contributed by atoms with E-state index in [1.807, 2.05) is 103 Å². The number of anilines is 6. The van der Waals surface area contributed by atoms with Crippen molar-refractivity contribution in [3.63, 3.8) is 0 Å². The van der Waals surface area contributed by atoms with Gasteiger partial charge in [-0.1, -0.05) is 115 Å². The zero-order chi connectivity index (χ0) is 45.8. The second kappa shape index (κ2) is 12.9. The van der Waals surface area contributed by atoms with E-state index in [1.165, 1.54) is 0 Å². The molecule has 4 aromatic heterocycles. The molecular formula is C58H33BN2O4. The number of benzene rings is 9. The van der Waals surface area contributed by atoms with Crippen molar-refractivity contribution >= 4 is 123 Å². The second-order valence-corrected chi connectivity index (χ2v) is 16.8. The fourth-order valence-corrected chi connectivity index (χ4v) is 10.7. The highest BCUT2D eigenvalue weighted by molar-refractivity contribution is 7.01. The quantitative estimate of drug-likeness (QED) is 0.165. The minimum Gasteiger partial charge on any atom is -0.464 e. The SMILES string of the molecule is [2H]c1c(N2c3cccc4c3B(c3ccc5oc6ccccc6c5c32)c2ccc3oc5ccccc5c3c2N4c2c(-c3ccccc3)c([2H])c3occc3c2[2H])c(-c2ccccc2)c([2H])c2occc12. The van der Waals surface area contributed by atoms with Gasteiger partial charge in [-0.15, -0.1) is 0 Å². The number of nitrogens with zero attached hydrogens (tertiary/aromatic N) is 2. The van der Waals surface area contributed by atoms with Gasteiger partial charge < -0.3 is 27.5 Å². The van der Waals surface area contributed by atoms with Crippen LogP contribution < -0.4 is 26.2 Å². The Hall–Kier alpha value is -8.68. The van der Waals surface area contributed by atoms with Crippen LogP contribution in [0, 0.1) is 0 Å². The van der Waals surface area contributed by atoms with Crippen molar-refractivity contribution in [2.24, 2.45) is 0 Å². The molecule has 65 heavy (non-hydrogen) atoms. The van der Waals surface area contributed by atoms with E-state index in [-0.39, 0.29) is 24.2 Å². The molecule has 0 radical (unpaired) electrons. The molecule has 302 valence electrons. The summed E-state index contributed by atoms with van der Waals surface area (Å²) in [6.45, 7) is -0.394. The Labute approximate surface area is 377 Å². The summed E-state index contributed by atoms with van der Waals surface area (Å²) >= 11 is 0. The number of hydrogen-bond acceptors (Lipinski definition) is 6. The average Bonchev–Trinajstić information content (AvgIpc) is 4.22. The molecule has 0 saturated carbocycles. The topological polar surface area (TPSA) is 59.0 Å². The summed E-state index contributed by atoms with van der Waals surface area (Å²) in [6, 6.07) is 54.8. The minimum atomic E-state index is -0.394. The highest BCUT2D eigenvalue weighted by Gasteiger charge is 2.46. The molecule has 0 fully saturated rings. The van der Waals surface area contributed by atoms with Gasteiger partial charge in [0.2, 0.25) is 0 Å². The number of rotatable bonds is 4. The maximum Gasteiger partial charge on any atom is 0.252 e. The molecule has 13 aromatic rings. The Morgan fingerprint density at radius 1 is 0.385 bits per heavy atom. The molecule has 15 rings (SSSR count). The van der Waals surface area contributed by atoms with Crippen LogP contribution in [0.4, 0.5) is 34.1 Å². The molecule has 9 aromatic carbocycles. The van der Waals surface area contributed by atoms with Crippen LogP contribution in [-0.4, -0.2) is 6.71 Å². The van der Waals surface area contributed by atoms with Crippen LogP contribution in [0.2, 0.25) is 0 Å². The predicted molar refractivity (Wildman–Crippen MR) is 265 cm³/mol. The molecule has 0 N–H and O–H groups in total. The number of para-hydroxylation sites is 2. The lowest BCUT2D eigenvalue weighted by molar-refractivity contribution is 0.615. The van der Waals surface area contributed by atoms with Crippen molar-refractivity contribution < 1.29 is 23.2 Å². The lowest BCUT2D eigenvalue weighted by Gasteiger charge is -2.45. The van der Waals surface area contributed by atoms with E-state index in [2.05, 4.69) is 58.3 Å². The third-order valence-electron chi connectivity index (χ3n) is 13.4. The summed E-state index contributed by atoms with van der Waals surface area (Å²) in [4.78, 5) is 4.38. The first-order valence-electron chi connectivity index (χ1n) is 23.7. The minimum absolute atomic E-state index is 0.175. The predicted octanol–water partition coefficient (Wildman–Crippen LogP) is 14.4. The summed E-state index contributed by atoms with van der Waals surface area (Å²) in [5, 5.41) is 4.68. The number of furan rings is 4. The average molecular weight is 837 g/mol. The van der Waals surface area contributed by atoms with Gasteiger partial charge >= 0.3 is 0 Å². The van der Waals surface area contributed by atoms with E-state index in [1.54, 1.807) is 24.7 Å². The highest BCUT2D eigenvalue weighted by atomic mass is 16.3. The van der Waals surface area contributed by atoms with E-state index < -0.39 is 6.71 Å². The maximum absolute atomic E-state index is 10.3. The zero-order valence-electron chi connectivity index (χ0n) is 38.3. The van der Waals surface area contributed by atoms with Crippen molar-refractivity contribution in [1.82, 2.24) is 0 Å². The fourth-order valence-electron chi connectivity index (χ4n) is 10.7. The zero-order valence-corrected chi connectivity index (χ0v) is 34.3. The molecule has 0 amide bonds. The van der Waals surface area contributed by atoms with Gasteiger partial charge in [0.25, 0.3) is 6.71 Å². The summed E-state index contributed by atoms with van der Waals surface area (Å²) in [5.41, 5.74) is 13.4. The number of hydrogen-bond donors (Lipinski definition) is 0. The van der Waals surface area contributed by atoms with E-state index in [0.29, 0.717) is 55.6 Å². The lowest BCUT2D eigenvalue weighted by Crippen LogP contribution is -2.61. The lowest BCUT2D eigenvalue weighted by atomic mass is 9.33. The van der Waals surface area contributed by atoms with Crippen molar-refractivity contribution in [1.29, 1.82) is 0 Å². The second-order valence-electron chi connectivity index (χ2n) is 16.8. The third-order valence-corrected chi connectivity index (χ3v) is 13.4. The summed E-state index contributed by atoms with van der Waals surface area (Å²) in [5.74, 6) is 0. The van der Waals surface area contributed by atoms with Gasteiger partial charge in [0.1, 0.15) is 33.5 Å². The smallest absolute Gasteiger partial charge is 0.252 e. The summed E-state index contributed by atoms with van der Waals surface area (Å²) in [6.07, 6.45) is 3.11. The maximum atomic E-state index is 10.3. The van der Waals surface area contributed by atoms with E-state index in [0.717, 1.165) is 83.0 Å². The van der Waals surface area contributed by atoms with Gasteiger partial charge in [0.05, 0.1) is 51.5 Å². The van der Waals surface area contributed by atoms with Gasteiger partial charge in [-0.3, -0.25) is 0 Å². The highest BCUT2D eigenvalue weighted by Crippen LogP contribution is 2.53. The van der Waals surface area contributed by atoms with Crippen molar-refractivity contribution in [3.05, 3.63) is 200 Å². The van der Waals surface area contributed by atoms with E-state index >= 15 is 0 Å². The summed E-state index contributed by atoms with van der Waals surface area (Å²) < 4.78 is 65.7. The molecular weight excluding hydrogens is 799 g/mol. The standard InChI is InChI=1S/C58H33BN2O4/c1-3-12-34(13-4-1)40-32-52-36(26-28-62-52)30-46(40)60-44-18-11-19-45-56(44)59(42-22-24-50-54(57(42)60)38-16-7-9-20-48(38)64-50)43-23-25-51-55(39-17-8-10-21-49(39)65-51)58(43)61(45)47-31-37-27-29-63-53(37)33-41(47)35-14-5-2-6-15-35/h1-33H/i30D,31D,32D,33D. The Morgan fingerprint density at radius 2 is 0.846 bits per heavy atom. The van der Waals surface area contributed by atoms with Gasteiger partial charge in [0.15, 0.2) is 0 Å². The van der Waals surface area contributed by atoms with Crippen LogP contribution in [0.3, 0.4) is 0 Å². The molecule has 0 aliphatic carbocycles. The fraction of sp³-hybridized carbons (Fsp3) is 0. The molecule has 0 atom stereocenters. The van der Waals surface area contributed by atoms with Crippen LogP contribution in [0.1, 0.15) is 5.48 Å². The third kappa shape index (κ3) is 4.78. The number of fused-ring (bicyclic) bond motifs is 14. The molecule has 2 aliphatic heterocycles. The first-order chi connectivity index (χ1) is 34.0. The van der Waals surface area contributed by atoms with Gasteiger partial charge in [0, 0.05) is 44.0 Å². The Kier molecular flexibility index (Phi) is 6.21. The molecule has 2 aliphatic rings. The van der Waals surface area contributed by atoms with Gasteiger partial charge in [-0.05, 0) is 100 Å². The Bertz CT molecular complexity index is 4070. The van der Waals surface area contributed by atoms with E-state index in [9.17, 15) is 5.48 Å². The van der Waals surface area contributed by atoms with Crippen LogP contribution in [0.25, 0.3) is 88.1 Å². The Balaban J connectivity index is 1.16. The van der Waals surface area contributed by atoms with Crippen LogP contribution in [-0.2, 0) is 0 Å². The molecule has 0 saturated heterocycles. The van der Waals surface area contributed by atoms with Crippen molar-refractivity contribution in [2.45, 2.75) is 0 Å². The van der Waals surface area contributed by atoms with Gasteiger partial charge in [-0.2, -0.15) is 0 Å². The molecule has 0 spiro atoms. The van der Waals surface area contributed by atoms with Gasteiger partial charge in [-0.25, -0.2) is 0 Å². The summed E-state index contributed by atoms with van der Waals surface area (Å²) in [7, 11) is 0. The van der Waals surface area contributed by atoms with Crippen molar-refractivity contribution in [2.75, 3.05) is 9.80 Å². The normalized spacial score (nSPS) is 14.0. The first kappa shape index (κ1) is 31.2. The monoisotopic (exact) mass is 836 g/mol. The Morgan fingerprint density at radius 3 is 1.34 bits per heavy atom.